The van der Waals surface area contributed by atoms with Crippen molar-refractivity contribution in [2.75, 3.05) is 32.1 Å². The van der Waals surface area contributed by atoms with Gasteiger partial charge in [-0.15, -0.1) is 23.2 Å². The molecule has 10 nitrogen and oxygen atoms in total. The van der Waals surface area contributed by atoms with Gasteiger partial charge in [0.05, 0.1) is 12.3 Å². The van der Waals surface area contributed by atoms with Crippen LogP contribution in [0, 0.1) is 16.7 Å². The molecule has 1 saturated heterocycles. The van der Waals surface area contributed by atoms with Crippen molar-refractivity contribution in [3.8, 4) is 5.75 Å². The Labute approximate surface area is 232 Å². The largest absolute Gasteiger partial charge is 0.488 e. The summed E-state index contributed by atoms with van der Waals surface area (Å²) in [4.78, 5) is 43.3. The van der Waals surface area contributed by atoms with Crippen molar-refractivity contribution in [3.63, 3.8) is 0 Å². The van der Waals surface area contributed by atoms with E-state index in [1.807, 2.05) is 6.92 Å². The molecule has 0 aromatic heterocycles. The Balaban J connectivity index is 1.63. The molecule has 3 unspecified atom stereocenters. The summed E-state index contributed by atoms with van der Waals surface area (Å²) in [6, 6.07) is 4.03. The highest BCUT2D eigenvalue weighted by Gasteiger charge is 2.55. The van der Waals surface area contributed by atoms with Gasteiger partial charge in [-0.05, 0) is 44.4 Å². The normalized spacial score (nSPS) is 20.6. The van der Waals surface area contributed by atoms with Gasteiger partial charge in [-0.2, -0.15) is 0 Å². The molecule has 2 amide bonds. The number of Topliss-reactive ketones (excluding diaryl/α,β-unsaturated/α-hetero) is 1. The van der Waals surface area contributed by atoms with Crippen LogP contribution in [0.4, 0.5) is 5.69 Å². The highest BCUT2D eigenvalue weighted by atomic mass is 35.5. The molecule has 1 aromatic rings. The van der Waals surface area contributed by atoms with E-state index in [9.17, 15) is 14.4 Å². The van der Waals surface area contributed by atoms with E-state index in [4.69, 9.17) is 38.8 Å². The number of hydrogen-bond donors (Lipinski definition) is 4. The summed E-state index contributed by atoms with van der Waals surface area (Å²) in [5, 5.41) is 22.1. The number of alkyl halides is 2. The fraction of sp³-hybridized carbons (Fsp3) is 0.538. The van der Waals surface area contributed by atoms with Gasteiger partial charge >= 0.3 is 0 Å². The first-order valence-corrected chi connectivity index (χ1v) is 13.2. The molecule has 1 aromatic carbocycles. The molecule has 1 aliphatic heterocycles. The minimum Gasteiger partial charge on any atom is -0.488 e. The van der Waals surface area contributed by atoms with Gasteiger partial charge in [0, 0.05) is 56.4 Å². The molecular formula is C26H34Cl2N6O4. The van der Waals surface area contributed by atoms with Crippen molar-refractivity contribution in [1.82, 2.24) is 10.2 Å². The summed E-state index contributed by atoms with van der Waals surface area (Å²) in [5.41, 5.74) is 0.791. The molecule has 1 saturated carbocycles. The molecule has 3 rings (SSSR count). The number of ether oxygens (including phenoxy) is 1. The summed E-state index contributed by atoms with van der Waals surface area (Å²) in [6.07, 6.45) is 3.87. The molecule has 206 valence electrons. The second-order valence-corrected chi connectivity index (χ2v) is 11.2. The molecule has 1 heterocycles. The number of aliphatic imine (C=N–C) groups is 1. The summed E-state index contributed by atoms with van der Waals surface area (Å²) in [5.74, 6) is -0.560. The van der Waals surface area contributed by atoms with Gasteiger partial charge in [0.1, 0.15) is 28.4 Å². The molecule has 38 heavy (non-hydrogen) atoms. The minimum atomic E-state index is -0.806. The second kappa shape index (κ2) is 12.7. The maximum absolute atomic E-state index is 13.1. The number of amides is 2. The summed E-state index contributed by atoms with van der Waals surface area (Å²) >= 11 is 12.2. The standard InChI is InChI=1S/C26H34Cl2N6O4/c1-15(20-12-26(20,27)28)33-25(37)22-5-4-10-34(22)23(36)13-32-21-7-6-18(11-19(21)24(30)16(2)35)38-14-17(29)8-9-31-3/h6-7,9,11,15,20,22,29-30,32H,4-5,8,10,12-14H2,1-3H3,(H,33,37). The lowest BCUT2D eigenvalue weighted by Crippen LogP contribution is -2.50. The Morgan fingerprint density at radius 2 is 2.03 bits per heavy atom. The Morgan fingerprint density at radius 3 is 2.66 bits per heavy atom. The monoisotopic (exact) mass is 564 g/mol. The number of nitrogens with one attached hydrogen (secondary N) is 4. The third-order valence-electron chi connectivity index (χ3n) is 6.70. The van der Waals surface area contributed by atoms with Crippen LogP contribution >= 0.6 is 23.2 Å². The first kappa shape index (κ1) is 29.6. The number of benzene rings is 1. The molecule has 0 bridgehead atoms. The van der Waals surface area contributed by atoms with E-state index in [2.05, 4.69) is 15.6 Å². The van der Waals surface area contributed by atoms with Crippen LogP contribution in [0.1, 0.15) is 45.1 Å². The molecular weight excluding hydrogens is 531 g/mol. The number of nitrogens with zero attached hydrogens (tertiary/aromatic N) is 2. The molecule has 3 atom stereocenters. The van der Waals surface area contributed by atoms with Crippen LogP contribution in [0.15, 0.2) is 23.2 Å². The van der Waals surface area contributed by atoms with E-state index >= 15 is 0 Å². The number of halogens is 2. The lowest BCUT2D eigenvalue weighted by Gasteiger charge is -2.26. The van der Waals surface area contributed by atoms with Gasteiger partial charge in [-0.25, -0.2) is 0 Å². The van der Waals surface area contributed by atoms with Crippen molar-refractivity contribution in [2.24, 2.45) is 10.9 Å². The molecule has 2 fully saturated rings. The van der Waals surface area contributed by atoms with Crippen LogP contribution in [0.2, 0.25) is 0 Å². The van der Waals surface area contributed by atoms with Crippen molar-refractivity contribution < 1.29 is 19.1 Å². The van der Waals surface area contributed by atoms with Crippen molar-refractivity contribution in [3.05, 3.63) is 23.8 Å². The Hall–Kier alpha value is -2.98. The average molecular weight is 566 g/mol. The minimum absolute atomic E-state index is 0.0141. The zero-order valence-corrected chi connectivity index (χ0v) is 23.3. The van der Waals surface area contributed by atoms with E-state index in [0.29, 0.717) is 49.4 Å². The molecule has 1 aliphatic carbocycles. The molecule has 12 heteroatoms. The predicted molar refractivity (Wildman–Crippen MR) is 150 cm³/mol. The van der Waals surface area contributed by atoms with Crippen LogP contribution in [0.3, 0.4) is 0 Å². The Bertz CT molecular complexity index is 1140. The zero-order chi connectivity index (χ0) is 28.0. The van der Waals surface area contributed by atoms with Gasteiger partial charge in [0.2, 0.25) is 11.8 Å². The highest BCUT2D eigenvalue weighted by Crippen LogP contribution is 2.54. The maximum atomic E-state index is 13.1. The fourth-order valence-electron chi connectivity index (χ4n) is 4.40. The summed E-state index contributed by atoms with van der Waals surface area (Å²) < 4.78 is 4.84. The SMILES string of the molecule is CN=CCC(=N)COc1ccc(NCC(=O)N2CCCC2C(=O)NC(C)C2CC2(Cl)Cl)c(C(=N)C(C)=O)c1. The molecule has 0 radical (unpaired) electrons. The predicted octanol–water partition coefficient (Wildman–Crippen LogP) is 3.23. The van der Waals surface area contributed by atoms with Crippen molar-refractivity contribution in [1.29, 1.82) is 10.8 Å². The number of hydrogen-bond acceptors (Lipinski definition) is 8. The fourth-order valence-corrected chi connectivity index (χ4v) is 5.11. The third kappa shape index (κ3) is 7.54. The van der Waals surface area contributed by atoms with E-state index < -0.39 is 16.2 Å². The molecule has 2 aliphatic rings. The zero-order valence-electron chi connectivity index (χ0n) is 21.8. The van der Waals surface area contributed by atoms with E-state index in [0.717, 1.165) is 0 Å². The van der Waals surface area contributed by atoms with Gasteiger partial charge in [-0.3, -0.25) is 19.8 Å². The van der Waals surface area contributed by atoms with Gasteiger partial charge in [0.15, 0.2) is 5.78 Å². The smallest absolute Gasteiger partial charge is 0.243 e. The average Bonchev–Trinajstić information content (AvgIpc) is 3.27. The van der Waals surface area contributed by atoms with Crippen LogP contribution < -0.4 is 15.4 Å². The number of likely N-dealkylation sites (tertiary alicyclic amines) is 1. The van der Waals surface area contributed by atoms with Crippen LogP contribution in [-0.4, -0.2) is 83.3 Å². The molecule has 4 N–H and O–H groups in total. The van der Waals surface area contributed by atoms with Crippen molar-refractivity contribution in [2.45, 2.75) is 55.9 Å². The number of anilines is 1. The highest BCUT2D eigenvalue weighted by molar-refractivity contribution is 6.51. The quantitative estimate of drug-likeness (QED) is 0.214. The van der Waals surface area contributed by atoms with Crippen LogP contribution in [-0.2, 0) is 14.4 Å². The lowest BCUT2D eigenvalue weighted by atomic mass is 10.0. The number of carbonyl (C=O) groups is 3. The van der Waals surface area contributed by atoms with Crippen LogP contribution in [0.5, 0.6) is 5.75 Å². The van der Waals surface area contributed by atoms with Gasteiger partial charge in [-0.1, -0.05) is 0 Å². The number of ketones is 1. The first-order valence-electron chi connectivity index (χ1n) is 12.5. The first-order chi connectivity index (χ1) is 17.9. The number of rotatable bonds is 13. The van der Waals surface area contributed by atoms with E-state index in [-0.39, 0.29) is 48.2 Å². The summed E-state index contributed by atoms with van der Waals surface area (Å²) in [7, 11) is 1.63. The Kier molecular flexibility index (Phi) is 9.89. The molecule has 0 spiro atoms. The van der Waals surface area contributed by atoms with Crippen molar-refractivity contribution >= 4 is 64.1 Å². The third-order valence-corrected chi connectivity index (χ3v) is 7.57. The topological polar surface area (TPSA) is 148 Å². The van der Waals surface area contributed by atoms with E-state index in [1.165, 1.54) is 13.0 Å². The van der Waals surface area contributed by atoms with Gasteiger partial charge in [0.25, 0.3) is 0 Å². The van der Waals surface area contributed by atoms with E-state index in [1.54, 1.807) is 30.3 Å². The second-order valence-electron chi connectivity index (χ2n) is 9.64. The maximum Gasteiger partial charge on any atom is 0.243 e. The van der Waals surface area contributed by atoms with Crippen LogP contribution in [0.25, 0.3) is 0 Å². The Morgan fingerprint density at radius 1 is 1.32 bits per heavy atom. The van der Waals surface area contributed by atoms with Gasteiger partial charge < -0.3 is 30.7 Å². The lowest BCUT2D eigenvalue weighted by molar-refractivity contribution is -0.137. The summed E-state index contributed by atoms with van der Waals surface area (Å²) in [6.45, 7) is 3.54. The number of carbonyl (C=O) groups excluding carboxylic acids is 3.